The second kappa shape index (κ2) is 6.79. The van der Waals surface area contributed by atoms with Gasteiger partial charge in [0.25, 0.3) is 0 Å². The molecule has 0 aliphatic carbocycles. The number of guanidine groups is 2. The fraction of sp³-hybridized carbons (Fsp3) is 0.429. The van der Waals surface area contributed by atoms with E-state index in [1.807, 2.05) is 18.2 Å². The highest BCUT2D eigenvalue weighted by molar-refractivity contribution is 5.94. The molecular formula is C14H22N6. The zero-order chi connectivity index (χ0) is 14.4. The molecule has 0 amide bonds. The van der Waals surface area contributed by atoms with E-state index >= 15 is 0 Å². The molecule has 1 aromatic carbocycles. The lowest BCUT2D eigenvalue weighted by atomic mass is 10.2. The molecule has 0 bridgehead atoms. The van der Waals surface area contributed by atoms with Crippen LogP contribution in [0.5, 0.6) is 0 Å². The van der Waals surface area contributed by atoms with Crippen LogP contribution in [0.3, 0.4) is 0 Å². The lowest BCUT2D eigenvalue weighted by Gasteiger charge is -2.24. The Morgan fingerprint density at radius 2 is 1.60 bits per heavy atom. The average Bonchev–Trinajstić information content (AvgIpc) is 2.67. The van der Waals surface area contributed by atoms with E-state index in [4.69, 9.17) is 17.2 Å². The number of nitrogens with zero attached hydrogens (tertiary/aromatic N) is 3. The molecule has 0 saturated carbocycles. The molecule has 2 rings (SSSR count). The molecule has 0 radical (unpaired) electrons. The van der Waals surface area contributed by atoms with Gasteiger partial charge in [-0.15, -0.1) is 0 Å². The predicted octanol–water partition coefficient (Wildman–Crippen LogP) is 1.29. The molecule has 1 aliphatic rings. The van der Waals surface area contributed by atoms with Crippen molar-refractivity contribution in [2.75, 3.05) is 18.0 Å². The zero-order valence-corrected chi connectivity index (χ0v) is 11.6. The van der Waals surface area contributed by atoms with Crippen molar-refractivity contribution in [1.82, 2.24) is 0 Å². The predicted molar refractivity (Wildman–Crippen MR) is 84.2 cm³/mol. The van der Waals surface area contributed by atoms with Crippen LogP contribution in [-0.2, 0) is 0 Å². The molecule has 1 fully saturated rings. The summed E-state index contributed by atoms with van der Waals surface area (Å²) in [6, 6.07) is 7.93. The van der Waals surface area contributed by atoms with Gasteiger partial charge in [0.05, 0.1) is 11.4 Å². The SMILES string of the molecule is NC(N)=NC(N)=Nc1ccccc1N1CCCCCC1. The molecule has 1 heterocycles. The molecule has 1 saturated heterocycles. The number of aliphatic imine (C=N–C) groups is 2. The maximum Gasteiger partial charge on any atom is 0.223 e. The van der Waals surface area contributed by atoms with Gasteiger partial charge in [0.15, 0.2) is 5.96 Å². The van der Waals surface area contributed by atoms with Crippen LogP contribution in [0, 0.1) is 0 Å². The quantitative estimate of drug-likeness (QED) is 0.558. The molecule has 0 aromatic heterocycles. The Morgan fingerprint density at radius 1 is 0.950 bits per heavy atom. The average molecular weight is 274 g/mol. The maximum absolute atomic E-state index is 5.72. The van der Waals surface area contributed by atoms with Crippen LogP contribution in [0.25, 0.3) is 0 Å². The van der Waals surface area contributed by atoms with E-state index in [9.17, 15) is 0 Å². The summed E-state index contributed by atoms with van der Waals surface area (Å²) in [4.78, 5) is 10.4. The first-order valence-electron chi connectivity index (χ1n) is 6.94. The first-order chi connectivity index (χ1) is 9.66. The molecule has 6 N–H and O–H groups in total. The topological polar surface area (TPSA) is 106 Å². The van der Waals surface area contributed by atoms with Gasteiger partial charge in [-0.1, -0.05) is 25.0 Å². The number of hydrogen-bond acceptors (Lipinski definition) is 2. The Hall–Kier alpha value is -2.24. The summed E-state index contributed by atoms with van der Waals surface area (Å²) in [6.45, 7) is 2.10. The summed E-state index contributed by atoms with van der Waals surface area (Å²) in [7, 11) is 0. The molecule has 20 heavy (non-hydrogen) atoms. The highest BCUT2D eigenvalue weighted by atomic mass is 15.2. The van der Waals surface area contributed by atoms with Crippen LogP contribution >= 0.6 is 0 Å². The van der Waals surface area contributed by atoms with Crippen molar-refractivity contribution in [1.29, 1.82) is 0 Å². The van der Waals surface area contributed by atoms with E-state index in [1.165, 1.54) is 25.7 Å². The van der Waals surface area contributed by atoms with Crippen LogP contribution in [0.4, 0.5) is 11.4 Å². The van der Waals surface area contributed by atoms with E-state index < -0.39 is 0 Å². The van der Waals surface area contributed by atoms with Gasteiger partial charge in [-0.05, 0) is 25.0 Å². The van der Waals surface area contributed by atoms with Crippen molar-refractivity contribution in [2.24, 2.45) is 27.2 Å². The van der Waals surface area contributed by atoms with Gasteiger partial charge in [-0.3, -0.25) is 0 Å². The number of rotatable bonds is 2. The monoisotopic (exact) mass is 274 g/mol. The fourth-order valence-electron chi connectivity index (χ4n) is 2.42. The summed E-state index contributed by atoms with van der Waals surface area (Å²) < 4.78 is 0. The molecule has 1 aliphatic heterocycles. The van der Waals surface area contributed by atoms with Crippen LogP contribution in [-0.4, -0.2) is 25.0 Å². The molecule has 1 aromatic rings. The Labute approximate surface area is 119 Å². The molecule has 108 valence electrons. The van der Waals surface area contributed by atoms with E-state index in [0.29, 0.717) is 0 Å². The van der Waals surface area contributed by atoms with Gasteiger partial charge in [0, 0.05) is 13.1 Å². The highest BCUT2D eigenvalue weighted by Gasteiger charge is 2.13. The van der Waals surface area contributed by atoms with Gasteiger partial charge in [0.2, 0.25) is 5.96 Å². The maximum atomic E-state index is 5.72. The molecule has 0 spiro atoms. The number of hydrogen-bond donors (Lipinski definition) is 3. The summed E-state index contributed by atoms with van der Waals surface area (Å²) in [5.74, 6) is -0.00854. The van der Waals surface area contributed by atoms with Crippen molar-refractivity contribution in [2.45, 2.75) is 25.7 Å². The standard InChI is InChI=1S/C14H22N6/c15-13(16)19-14(17)18-11-7-3-4-8-12(11)20-9-5-1-2-6-10-20/h3-4,7-8H,1-2,5-6,9-10H2,(H6,15,16,17,18,19). The van der Waals surface area contributed by atoms with Crippen molar-refractivity contribution in [3.05, 3.63) is 24.3 Å². The van der Waals surface area contributed by atoms with Gasteiger partial charge < -0.3 is 22.1 Å². The van der Waals surface area contributed by atoms with E-state index in [-0.39, 0.29) is 11.9 Å². The van der Waals surface area contributed by atoms with E-state index in [1.54, 1.807) is 0 Å². The van der Waals surface area contributed by atoms with E-state index in [2.05, 4.69) is 21.0 Å². The van der Waals surface area contributed by atoms with Gasteiger partial charge >= 0.3 is 0 Å². The third kappa shape index (κ3) is 3.88. The van der Waals surface area contributed by atoms with Gasteiger partial charge in [0.1, 0.15) is 0 Å². The second-order valence-corrected chi connectivity index (χ2v) is 4.90. The first-order valence-corrected chi connectivity index (χ1v) is 6.94. The first kappa shape index (κ1) is 14.2. The number of anilines is 1. The Bertz CT molecular complexity index is 496. The van der Waals surface area contributed by atoms with Crippen molar-refractivity contribution in [3.63, 3.8) is 0 Å². The minimum Gasteiger partial charge on any atom is -0.370 e. The summed E-state index contributed by atoms with van der Waals surface area (Å²) in [6.07, 6.45) is 5.00. The largest absolute Gasteiger partial charge is 0.370 e. The summed E-state index contributed by atoms with van der Waals surface area (Å²) in [5.41, 5.74) is 18.2. The summed E-state index contributed by atoms with van der Waals surface area (Å²) in [5, 5.41) is 0. The van der Waals surface area contributed by atoms with Gasteiger partial charge in [-0.25, -0.2) is 4.99 Å². The number of para-hydroxylation sites is 2. The minimum atomic E-state index is -0.0847. The third-order valence-corrected chi connectivity index (χ3v) is 3.31. The van der Waals surface area contributed by atoms with Gasteiger partial charge in [-0.2, -0.15) is 4.99 Å². The normalized spacial score (nSPS) is 16.6. The number of benzene rings is 1. The smallest absolute Gasteiger partial charge is 0.223 e. The van der Waals surface area contributed by atoms with Crippen molar-refractivity contribution >= 4 is 23.3 Å². The van der Waals surface area contributed by atoms with Crippen LogP contribution in [0.1, 0.15) is 25.7 Å². The molecule has 0 atom stereocenters. The lowest BCUT2D eigenvalue weighted by Crippen LogP contribution is -2.26. The zero-order valence-electron chi connectivity index (χ0n) is 11.6. The number of nitrogens with two attached hydrogens (primary N) is 3. The fourth-order valence-corrected chi connectivity index (χ4v) is 2.42. The Balaban J connectivity index is 2.27. The molecule has 6 heteroatoms. The van der Waals surface area contributed by atoms with Crippen molar-refractivity contribution in [3.8, 4) is 0 Å². The Kier molecular flexibility index (Phi) is 4.81. The summed E-state index contributed by atoms with van der Waals surface area (Å²) >= 11 is 0. The Morgan fingerprint density at radius 3 is 2.25 bits per heavy atom. The minimum absolute atomic E-state index is 0.0762. The molecule has 0 unspecified atom stereocenters. The van der Waals surface area contributed by atoms with Crippen molar-refractivity contribution < 1.29 is 0 Å². The lowest BCUT2D eigenvalue weighted by molar-refractivity contribution is 0.726. The van der Waals surface area contributed by atoms with Crippen LogP contribution in [0.15, 0.2) is 34.3 Å². The third-order valence-electron chi connectivity index (χ3n) is 3.31. The van der Waals surface area contributed by atoms with Crippen LogP contribution < -0.4 is 22.1 Å². The molecule has 6 nitrogen and oxygen atoms in total. The van der Waals surface area contributed by atoms with E-state index in [0.717, 1.165) is 24.5 Å². The molecular weight excluding hydrogens is 252 g/mol. The second-order valence-electron chi connectivity index (χ2n) is 4.90. The highest BCUT2D eigenvalue weighted by Crippen LogP contribution is 2.30. The van der Waals surface area contributed by atoms with Crippen LogP contribution in [0.2, 0.25) is 0 Å².